The van der Waals surface area contributed by atoms with E-state index in [1.54, 1.807) is 0 Å². The highest BCUT2D eigenvalue weighted by Gasteiger charge is 2.41. The lowest BCUT2D eigenvalue weighted by Gasteiger charge is -2.20. The zero-order valence-corrected chi connectivity index (χ0v) is 11.0. The van der Waals surface area contributed by atoms with E-state index in [9.17, 15) is 9.59 Å². The number of hydrogen-bond acceptors (Lipinski definition) is 3. The van der Waals surface area contributed by atoms with Crippen LogP contribution in [0, 0.1) is 17.8 Å². The molecule has 0 aliphatic heterocycles. The van der Waals surface area contributed by atoms with E-state index < -0.39 is 0 Å². The van der Waals surface area contributed by atoms with E-state index in [4.69, 9.17) is 4.74 Å². The van der Waals surface area contributed by atoms with Crippen molar-refractivity contribution in [2.75, 3.05) is 0 Å². The molecule has 2 saturated carbocycles. The Bertz CT molecular complexity index is 311. The minimum Gasteiger partial charge on any atom is -0.460 e. The van der Waals surface area contributed by atoms with E-state index >= 15 is 0 Å². The van der Waals surface area contributed by atoms with Crippen molar-refractivity contribution in [3.8, 4) is 0 Å². The van der Waals surface area contributed by atoms with E-state index in [-0.39, 0.29) is 11.6 Å². The maximum Gasteiger partial charge on any atom is 0.306 e. The van der Waals surface area contributed by atoms with Crippen molar-refractivity contribution in [3.63, 3.8) is 0 Å². The van der Waals surface area contributed by atoms with Gasteiger partial charge in [-0.15, -0.1) is 0 Å². The Hall–Kier alpha value is -0.860. The van der Waals surface area contributed by atoms with Gasteiger partial charge in [0.25, 0.3) is 0 Å². The van der Waals surface area contributed by atoms with Crippen LogP contribution < -0.4 is 0 Å². The lowest BCUT2D eigenvalue weighted by atomic mass is 9.99. The first-order chi connectivity index (χ1) is 7.83. The van der Waals surface area contributed by atoms with Gasteiger partial charge in [0, 0.05) is 19.3 Å². The summed E-state index contributed by atoms with van der Waals surface area (Å²) < 4.78 is 5.34. The van der Waals surface area contributed by atoms with Gasteiger partial charge in [0.15, 0.2) is 0 Å². The van der Waals surface area contributed by atoms with Crippen molar-refractivity contribution < 1.29 is 14.3 Å². The van der Waals surface area contributed by atoms with Gasteiger partial charge in [-0.1, -0.05) is 0 Å². The molecular formula is C14H22O3. The molecule has 0 spiro atoms. The normalized spacial score (nSPS) is 32.6. The summed E-state index contributed by atoms with van der Waals surface area (Å²) in [6, 6.07) is 0. The first-order valence-electron chi connectivity index (χ1n) is 6.57. The maximum absolute atomic E-state index is 11.7. The third kappa shape index (κ3) is 3.30. The van der Waals surface area contributed by atoms with Gasteiger partial charge in [0.2, 0.25) is 0 Å². The van der Waals surface area contributed by atoms with E-state index in [0.29, 0.717) is 30.0 Å². The number of hydrogen-bond donors (Lipinski definition) is 0. The van der Waals surface area contributed by atoms with E-state index in [1.165, 1.54) is 0 Å². The molecule has 0 aromatic carbocycles. The standard InChI is InChI=1S/C14H22O3/c1-14(2,3)17-13(16)6-9-4-10-7-12(15)8-11(10)5-9/h9-11H,4-8H2,1-3H3/t9?,10-,11+. The summed E-state index contributed by atoms with van der Waals surface area (Å²) in [5, 5.41) is 0. The van der Waals surface area contributed by atoms with Crippen LogP contribution in [-0.4, -0.2) is 17.4 Å². The smallest absolute Gasteiger partial charge is 0.306 e. The Kier molecular flexibility index (Phi) is 3.28. The number of esters is 1. The molecular weight excluding hydrogens is 216 g/mol. The average molecular weight is 238 g/mol. The summed E-state index contributed by atoms with van der Waals surface area (Å²) in [5.41, 5.74) is -0.387. The number of fused-ring (bicyclic) bond motifs is 1. The second-order valence-electron chi connectivity index (χ2n) is 6.60. The zero-order chi connectivity index (χ0) is 12.6. The lowest BCUT2D eigenvalue weighted by molar-refractivity contribution is -0.155. The molecule has 3 atom stereocenters. The van der Waals surface area contributed by atoms with Crippen molar-refractivity contribution in [2.24, 2.45) is 17.8 Å². The Labute approximate surface area is 103 Å². The molecule has 0 saturated heterocycles. The molecule has 3 heteroatoms. The van der Waals surface area contributed by atoms with Gasteiger partial charge < -0.3 is 4.74 Å². The third-order valence-electron chi connectivity index (χ3n) is 3.79. The highest BCUT2D eigenvalue weighted by atomic mass is 16.6. The zero-order valence-electron chi connectivity index (χ0n) is 11.0. The highest BCUT2D eigenvalue weighted by Crippen LogP contribution is 2.46. The van der Waals surface area contributed by atoms with Crippen molar-refractivity contribution in [1.82, 2.24) is 0 Å². The van der Waals surface area contributed by atoms with Crippen LogP contribution in [0.2, 0.25) is 0 Å². The molecule has 0 aromatic rings. The fourth-order valence-corrected chi connectivity index (χ4v) is 3.29. The molecule has 17 heavy (non-hydrogen) atoms. The van der Waals surface area contributed by atoms with Gasteiger partial charge in [0.1, 0.15) is 11.4 Å². The Balaban J connectivity index is 1.79. The minimum atomic E-state index is -0.387. The largest absolute Gasteiger partial charge is 0.460 e. The highest BCUT2D eigenvalue weighted by molar-refractivity contribution is 5.81. The summed E-state index contributed by atoms with van der Waals surface area (Å²) in [7, 11) is 0. The Morgan fingerprint density at radius 2 is 1.76 bits per heavy atom. The van der Waals surface area contributed by atoms with Crippen LogP contribution in [0.4, 0.5) is 0 Å². The van der Waals surface area contributed by atoms with Crippen molar-refractivity contribution >= 4 is 11.8 Å². The molecule has 96 valence electrons. The SMILES string of the molecule is CC(C)(C)OC(=O)CC1C[C@H]2CC(=O)C[C@H]2C1. The number of ketones is 1. The second kappa shape index (κ2) is 4.43. The van der Waals surface area contributed by atoms with Crippen molar-refractivity contribution in [3.05, 3.63) is 0 Å². The summed E-state index contributed by atoms with van der Waals surface area (Å²) in [5.74, 6) is 1.86. The molecule has 1 unspecified atom stereocenters. The quantitative estimate of drug-likeness (QED) is 0.695. The molecule has 0 amide bonds. The molecule has 0 N–H and O–H groups in total. The number of Topliss-reactive ketones (excluding diaryl/α,β-unsaturated/α-hetero) is 1. The van der Waals surface area contributed by atoms with Crippen LogP contribution in [-0.2, 0) is 14.3 Å². The van der Waals surface area contributed by atoms with Crippen LogP contribution >= 0.6 is 0 Å². The summed E-state index contributed by atoms with van der Waals surface area (Å²) in [6.07, 6.45) is 4.09. The molecule has 0 radical (unpaired) electrons. The van der Waals surface area contributed by atoms with Gasteiger partial charge in [-0.2, -0.15) is 0 Å². The first-order valence-corrected chi connectivity index (χ1v) is 6.57. The van der Waals surface area contributed by atoms with Gasteiger partial charge >= 0.3 is 5.97 Å². The molecule has 3 nitrogen and oxygen atoms in total. The summed E-state index contributed by atoms with van der Waals surface area (Å²) >= 11 is 0. The molecule has 0 bridgehead atoms. The van der Waals surface area contributed by atoms with Crippen LogP contribution in [0.25, 0.3) is 0 Å². The molecule has 2 aliphatic carbocycles. The van der Waals surface area contributed by atoms with Crippen LogP contribution in [0.5, 0.6) is 0 Å². The first kappa shape index (κ1) is 12.6. The van der Waals surface area contributed by atoms with Crippen LogP contribution in [0.15, 0.2) is 0 Å². The monoisotopic (exact) mass is 238 g/mol. The number of carbonyl (C=O) groups is 2. The summed E-state index contributed by atoms with van der Waals surface area (Å²) in [6.45, 7) is 5.69. The second-order valence-corrected chi connectivity index (χ2v) is 6.60. The molecule has 2 rings (SSSR count). The number of carbonyl (C=O) groups excluding carboxylic acids is 2. The van der Waals surface area contributed by atoms with Gasteiger partial charge in [-0.3, -0.25) is 9.59 Å². The topological polar surface area (TPSA) is 43.4 Å². The Morgan fingerprint density at radius 3 is 2.24 bits per heavy atom. The van der Waals surface area contributed by atoms with E-state index in [1.807, 2.05) is 20.8 Å². The lowest BCUT2D eigenvalue weighted by Crippen LogP contribution is -2.25. The predicted molar refractivity (Wildman–Crippen MR) is 64.4 cm³/mol. The Morgan fingerprint density at radius 1 is 1.24 bits per heavy atom. The maximum atomic E-state index is 11.7. The van der Waals surface area contributed by atoms with Gasteiger partial charge in [-0.05, 0) is 51.4 Å². The fraction of sp³-hybridized carbons (Fsp3) is 0.857. The van der Waals surface area contributed by atoms with Crippen molar-refractivity contribution in [2.45, 2.75) is 58.5 Å². The third-order valence-corrected chi connectivity index (χ3v) is 3.79. The molecule has 2 fully saturated rings. The van der Waals surface area contributed by atoms with E-state index in [2.05, 4.69) is 0 Å². The number of rotatable bonds is 2. The number of ether oxygens (including phenoxy) is 1. The predicted octanol–water partition coefficient (Wildman–Crippen LogP) is 2.72. The van der Waals surface area contributed by atoms with Crippen LogP contribution in [0.1, 0.15) is 52.9 Å². The van der Waals surface area contributed by atoms with Gasteiger partial charge in [-0.25, -0.2) is 0 Å². The van der Waals surface area contributed by atoms with Crippen molar-refractivity contribution in [1.29, 1.82) is 0 Å². The van der Waals surface area contributed by atoms with Crippen LogP contribution in [0.3, 0.4) is 0 Å². The van der Waals surface area contributed by atoms with E-state index in [0.717, 1.165) is 25.7 Å². The molecule has 0 heterocycles. The fourth-order valence-electron chi connectivity index (χ4n) is 3.29. The summed E-state index contributed by atoms with van der Waals surface area (Å²) in [4.78, 5) is 23.0. The molecule has 0 aromatic heterocycles. The molecule has 2 aliphatic rings. The minimum absolute atomic E-state index is 0.0891. The van der Waals surface area contributed by atoms with Gasteiger partial charge in [0.05, 0.1) is 0 Å². The average Bonchev–Trinajstić information content (AvgIpc) is 2.56.